The molecule has 3 heterocycles. The molecule has 0 bridgehead atoms. The second-order valence-electron chi connectivity index (χ2n) is 6.93. The quantitative estimate of drug-likeness (QED) is 0.546. The summed E-state index contributed by atoms with van der Waals surface area (Å²) in [6.07, 6.45) is 3.17. The van der Waals surface area contributed by atoms with Crippen LogP contribution in [0.5, 0.6) is 0 Å². The molecule has 0 radical (unpaired) electrons. The lowest BCUT2D eigenvalue weighted by molar-refractivity contribution is -0.136. The summed E-state index contributed by atoms with van der Waals surface area (Å²) >= 11 is 0. The predicted octanol–water partition coefficient (Wildman–Crippen LogP) is 0.264. The highest BCUT2D eigenvalue weighted by atomic mass is 16.2. The third-order valence-electron chi connectivity index (χ3n) is 4.93. The van der Waals surface area contributed by atoms with Gasteiger partial charge in [0.15, 0.2) is 0 Å². The smallest absolute Gasteiger partial charge is 0.262 e. The van der Waals surface area contributed by atoms with Crippen molar-refractivity contribution < 1.29 is 24.0 Å². The zero-order chi connectivity index (χ0) is 22.0. The van der Waals surface area contributed by atoms with Crippen molar-refractivity contribution in [2.75, 3.05) is 6.54 Å². The highest BCUT2D eigenvalue weighted by Gasteiger charge is 2.44. The minimum atomic E-state index is -1.01. The van der Waals surface area contributed by atoms with E-state index in [-0.39, 0.29) is 36.4 Å². The van der Waals surface area contributed by atoms with Crippen LogP contribution in [0.25, 0.3) is 0 Å². The van der Waals surface area contributed by atoms with Crippen LogP contribution < -0.4 is 10.6 Å². The van der Waals surface area contributed by atoms with Gasteiger partial charge in [0.2, 0.25) is 11.8 Å². The van der Waals surface area contributed by atoms with Gasteiger partial charge in [-0.15, -0.1) is 0 Å². The van der Waals surface area contributed by atoms with Crippen molar-refractivity contribution >= 4 is 29.5 Å². The van der Waals surface area contributed by atoms with E-state index >= 15 is 0 Å². The minimum Gasteiger partial charge on any atom is -0.341 e. The molecule has 1 aromatic heterocycles. The Morgan fingerprint density at radius 1 is 1.16 bits per heavy atom. The number of aromatic nitrogens is 1. The molecule has 0 saturated carbocycles. The van der Waals surface area contributed by atoms with Gasteiger partial charge in [0.05, 0.1) is 23.2 Å². The number of carbonyl (C=O) groups is 5. The van der Waals surface area contributed by atoms with E-state index in [4.69, 9.17) is 0 Å². The number of fused-ring (bicyclic) bond motifs is 1. The number of benzene rings is 1. The van der Waals surface area contributed by atoms with Crippen LogP contribution in [0.2, 0.25) is 0 Å². The van der Waals surface area contributed by atoms with Crippen LogP contribution in [-0.2, 0) is 9.59 Å². The first kappa shape index (κ1) is 20.0. The van der Waals surface area contributed by atoms with Crippen LogP contribution >= 0.6 is 0 Å². The highest BCUT2D eigenvalue weighted by Crippen LogP contribution is 2.28. The van der Waals surface area contributed by atoms with Crippen molar-refractivity contribution in [3.63, 3.8) is 0 Å². The number of imide groups is 2. The Kier molecular flexibility index (Phi) is 5.28. The standard InChI is InChI=1S/C22H16N4O5/c27-18-8-7-17(20(29)25-18)26-21(30)15-6-5-13(11-16(15)22(26)31)3-1-10-24-19(28)14-4-2-9-23-12-14/h2,4-6,9,11-12,17H,7-8,10H2,(H,24,28)(H,25,27,29). The molecule has 2 aromatic rings. The van der Waals surface area contributed by atoms with Gasteiger partial charge in [0.25, 0.3) is 17.7 Å². The first-order chi connectivity index (χ1) is 15.0. The van der Waals surface area contributed by atoms with Crippen LogP contribution in [0.4, 0.5) is 0 Å². The van der Waals surface area contributed by atoms with Gasteiger partial charge in [0, 0.05) is 24.4 Å². The van der Waals surface area contributed by atoms with Crippen molar-refractivity contribution in [2.24, 2.45) is 0 Å². The van der Waals surface area contributed by atoms with Crippen molar-refractivity contribution in [1.29, 1.82) is 0 Å². The Bertz CT molecular complexity index is 1180. The van der Waals surface area contributed by atoms with E-state index in [0.29, 0.717) is 11.1 Å². The summed E-state index contributed by atoms with van der Waals surface area (Å²) < 4.78 is 0. The zero-order valence-electron chi connectivity index (χ0n) is 16.2. The predicted molar refractivity (Wildman–Crippen MR) is 107 cm³/mol. The van der Waals surface area contributed by atoms with Gasteiger partial charge in [0.1, 0.15) is 6.04 Å². The third kappa shape index (κ3) is 3.91. The molecule has 154 valence electrons. The average Bonchev–Trinajstić information content (AvgIpc) is 3.02. The molecule has 2 aliphatic rings. The molecule has 5 amide bonds. The van der Waals surface area contributed by atoms with Gasteiger partial charge in [-0.2, -0.15) is 0 Å². The van der Waals surface area contributed by atoms with Gasteiger partial charge in [-0.05, 0) is 36.8 Å². The maximum atomic E-state index is 12.8. The number of amides is 5. The van der Waals surface area contributed by atoms with E-state index in [0.717, 1.165) is 4.90 Å². The average molecular weight is 416 g/mol. The summed E-state index contributed by atoms with van der Waals surface area (Å²) in [6, 6.07) is 6.84. The number of rotatable bonds is 3. The van der Waals surface area contributed by atoms with Gasteiger partial charge in [-0.1, -0.05) is 11.8 Å². The molecule has 0 aliphatic carbocycles. The summed E-state index contributed by atoms with van der Waals surface area (Å²) in [7, 11) is 0. The van der Waals surface area contributed by atoms with Crippen molar-refractivity contribution in [3.05, 3.63) is 65.0 Å². The molecule has 1 saturated heterocycles. The normalized spacial score (nSPS) is 17.5. The molecule has 1 atom stereocenters. The van der Waals surface area contributed by atoms with Crippen LogP contribution in [0, 0.1) is 11.8 Å². The Morgan fingerprint density at radius 2 is 1.97 bits per heavy atom. The molecule has 0 spiro atoms. The maximum absolute atomic E-state index is 12.8. The fraction of sp³-hybridized carbons (Fsp3) is 0.182. The topological polar surface area (TPSA) is 126 Å². The van der Waals surface area contributed by atoms with Crippen LogP contribution in [0.3, 0.4) is 0 Å². The van der Waals surface area contributed by atoms with E-state index in [2.05, 4.69) is 27.5 Å². The Balaban J connectivity index is 1.45. The summed E-state index contributed by atoms with van der Waals surface area (Å²) in [5.74, 6) is 3.07. The lowest BCUT2D eigenvalue weighted by Crippen LogP contribution is -2.54. The maximum Gasteiger partial charge on any atom is 0.262 e. The Hall–Kier alpha value is -4.32. The molecule has 1 unspecified atom stereocenters. The third-order valence-corrected chi connectivity index (χ3v) is 4.93. The zero-order valence-corrected chi connectivity index (χ0v) is 16.2. The molecule has 2 N–H and O–H groups in total. The number of pyridine rings is 1. The Labute approximate surface area is 176 Å². The minimum absolute atomic E-state index is 0.0608. The van der Waals surface area contributed by atoms with Gasteiger partial charge >= 0.3 is 0 Å². The number of nitrogens with one attached hydrogen (secondary N) is 2. The molecule has 31 heavy (non-hydrogen) atoms. The molecule has 9 nitrogen and oxygen atoms in total. The number of carbonyl (C=O) groups excluding carboxylic acids is 5. The highest BCUT2D eigenvalue weighted by molar-refractivity contribution is 6.23. The number of nitrogens with zero attached hydrogens (tertiary/aromatic N) is 2. The fourth-order valence-corrected chi connectivity index (χ4v) is 3.42. The van der Waals surface area contributed by atoms with Gasteiger partial charge < -0.3 is 5.32 Å². The number of hydrogen-bond acceptors (Lipinski definition) is 6. The van der Waals surface area contributed by atoms with E-state index in [1.165, 1.54) is 18.3 Å². The van der Waals surface area contributed by atoms with Crippen LogP contribution in [0.15, 0.2) is 42.7 Å². The lowest BCUT2D eigenvalue weighted by Gasteiger charge is -2.27. The van der Waals surface area contributed by atoms with Crippen molar-refractivity contribution in [3.8, 4) is 11.8 Å². The van der Waals surface area contributed by atoms with Crippen LogP contribution in [-0.4, -0.2) is 52.0 Å². The molecule has 1 fully saturated rings. The number of hydrogen-bond donors (Lipinski definition) is 2. The molecular weight excluding hydrogens is 400 g/mol. The van der Waals surface area contributed by atoms with E-state index in [1.807, 2.05) is 0 Å². The summed E-state index contributed by atoms with van der Waals surface area (Å²) in [5, 5.41) is 4.80. The van der Waals surface area contributed by atoms with E-state index in [9.17, 15) is 24.0 Å². The summed E-state index contributed by atoms with van der Waals surface area (Å²) in [6.45, 7) is 0.0834. The second kappa shape index (κ2) is 8.20. The van der Waals surface area contributed by atoms with Crippen molar-refractivity contribution in [2.45, 2.75) is 18.9 Å². The molecule has 9 heteroatoms. The van der Waals surface area contributed by atoms with Gasteiger partial charge in [-0.3, -0.25) is 39.2 Å². The Morgan fingerprint density at radius 3 is 2.71 bits per heavy atom. The fourth-order valence-electron chi connectivity index (χ4n) is 3.42. The second-order valence-corrected chi connectivity index (χ2v) is 6.93. The molecule has 1 aromatic carbocycles. The van der Waals surface area contributed by atoms with E-state index in [1.54, 1.807) is 24.4 Å². The SMILES string of the molecule is O=C1CCC(N2C(=O)c3ccc(C#CCNC(=O)c4cccnc4)cc3C2=O)C(=O)N1. The first-order valence-electron chi connectivity index (χ1n) is 9.48. The summed E-state index contributed by atoms with van der Waals surface area (Å²) in [4.78, 5) is 65.6. The number of piperidine rings is 1. The molecular formula is C22H16N4O5. The lowest BCUT2D eigenvalue weighted by atomic mass is 10.0. The van der Waals surface area contributed by atoms with E-state index < -0.39 is 29.7 Å². The molecule has 2 aliphatic heterocycles. The largest absolute Gasteiger partial charge is 0.341 e. The monoisotopic (exact) mass is 416 g/mol. The first-order valence-corrected chi connectivity index (χ1v) is 9.48. The van der Waals surface area contributed by atoms with Crippen molar-refractivity contribution in [1.82, 2.24) is 20.5 Å². The van der Waals surface area contributed by atoms with Gasteiger partial charge in [-0.25, -0.2) is 0 Å². The summed E-state index contributed by atoms with van der Waals surface area (Å²) in [5.41, 5.74) is 1.24. The molecule has 4 rings (SSSR count). The van der Waals surface area contributed by atoms with Crippen LogP contribution in [0.1, 0.15) is 49.5 Å².